The molecular formula is C22H24F2N6O4. The third kappa shape index (κ3) is 3.44. The summed E-state index contributed by atoms with van der Waals surface area (Å²) in [5.74, 6) is -3.90. The van der Waals surface area contributed by atoms with Crippen LogP contribution in [0.15, 0.2) is 23.5 Å². The number of esters is 1. The van der Waals surface area contributed by atoms with Gasteiger partial charge >= 0.3 is 11.9 Å². The van der Waals surface area contributed by atoms with Crippen molar-refractivity contribution in [3.8, 4) is 5.69 Å². The van der Waals surface area contributed by atoms with Gasteiger partial charge in [-0.15, -0.1) is 0 Å². The number of amides is 1. The van der Waals surface area contributed by atoms with Crippen LogP contribution in [-0.4, -0.2) is 56.1 Å². The molecule has 3 aliphatic heterocycles. The molecule has 34 heavy (non-hydrogen) atoms. The van der Waals surface area contributed by atoms with Crippen LogP contribution >= 0.6 is 0 Å². The quantitative estimate of drug-likeness (QED) is 0.679. The number of fused-ring (bicyclic) bond motifs is 5. The predicted molar refractivity (Wildman–Crippen MR) is 114 cm³/mol. The molecule has 0 aliphatic carbocycles. The molecule has 1 saturated heterocycles. The van der Waals surface area contributed by atoms with E-state index in [2.05, 4.69) is 9.98 Å². The van der Waals surface area contributed by atoms with Gasteiger partial charge in [-0.2, -0.15) is 0 Å². The number of benzene rings is 1. The van der Waals surface area contributed by atoms with E-state index >= 15 is 0 Å². The van der Waals surface area contributed by atoms with Gasteiger partial charge in [0.2, 0.25) is 0 Å². The molecule has 1 unspecified atom stereocenters. The fraction of sp³-hybridized carbons (Fsp3) is 0.455. The van der Waals surface area contributed by atoms with Gasteiger partial charge in [-0.25, -0.2) is 23.6 Å². The highest BCUT2D eigenvalue weighted by atomic mass is 19.2. The second-order valence-corrected chi connectivity index (χ2v) is 9.30. The smallest absolute Gasteiger partial charge is 0.396 e. The molecule has 1 fully saturated rings. The number of aliphatic imine (C=N–C) groups is 1. The molecule has 2 aromatic rings. The van der Waals surface area contributed by atoms with Gasteiger partial charge in [-0.05, 0) is 45.7 Å². The van der Waals surface area contributed by atoms with Gasteiger partial charge in [-0.1, -0.05) is 5.06 Å². The molecule has 180 valence electrons. The molecule has 0 saturated carbocycles. The molecule has 2 atom stereocenters. The Balaban J connectivity index is 1.64. The predicted octanol–water partition coefficient (Wildman–Crippen LogP) is 2.34. The van der Waals surface area contributed by atoms with Crippen molar-refractivity contribution in [3.63, 3.8) is 0 Å². The number of imidazole rings is 1. The number of carbonyl (C=O) groups is 2. The zero-order chi connectivity index (χ0) is 24.4. The lowest BCUT2D eigenvalue weighted by atomic mass is 10.1. The Hall–Kier alpha value is -3.38. The van der Waals surface area contributed by atoms with Crippen LogP contribution in [0.1, 0.15) is 67.6 Å². The van der Waals surface area contributed by atoms with Crippen LogP contribution in [0.3, 0.4) is 0 Å². The molecular weight excluding hydrogens is 450 g/mol. The average Bonchev–Trinajstić information content (AvgIpc) is 3.49. The summed E-state index contributed by atoms with van der Waals surface area (Å²) in [6.07, 6.45) is 1.82. The molecule has 1 aromatic carbocycles. The van der Waals surface area contributed by atoms with E-state index in [0.717, 1.165) is 6.07 Å². The Labute approximate surface area is 193 Å². The number of nitrogens with two attached hydrogens (primary N) is 1. The van der Waals surface area contributed by atoms with E-state index in [1.165, 1.54) is 22.4 Å². The number of hydrogen-bond acceptors (Lipinski definition) is 8. The summed E-state index contributed by atoms with van der Waals surface area (Å²) in [5, 5.41) is 1.28. The highest BCUT2D eigenvalue weighted by Gasteiger charge is 2.44. The zero-order valence-corrected chi connectivity index (χ0v) is 18.9. The third-order valence-corrected chi connectivity index (χ3v) is 5.92. The maximum absolute atomic E-state index is 14.8. The average molecular weight is 474 g/mol. The SMILES string of the molecule is CC(C)(C)OC(=O)C1=NC(c2ncn3c2[C@@H]2CCCN2C(=O)c2c-3ccc(F)c2F)N(CN)O1. The number of ether oxygens (including phenoxy) is 1. The summed E-state index contributed by atoms with van der Waals surface area (Å²) in [5.41, 5.74) is 5.91. The summed E-state index contributed by atoms with van der Waals surface area (Å²) < 4.78 is 35.8. The molecule has 1 amide bonds. The summed E-state index contributed by atoms with van der Waals surface area (Å²) in [7, 11) is 0. The lowest BCUT2D eigenvalue weighted by Crippen LogP contribution is -2.34. The lowest BCUT2D eigenvalue weighted by molar-refractivity contribution is -0.152. The van der Waals surface area contributed by atoms with Crippen molar-refractivity contribution in [1.29, 1.82) is 0 Å². The van der Waals surface area contributed by atoms with Crippen LogP contribution in [0.5, 0.6) is 0 Å². The number of aromatic nitrogens is 2. The molecule has 1 aromatic heterocycles. The molecule has 5 rings (SSSR count). The standard InChI is InChI=1S/C22H24F2N6O4/c1-22(2,3)33-21(32)19-27-18(30(9-25)34-19)16-17-13-5-4-8-28(13)20(31)14-12(29(17)10-26-16)7-6-11(23)15(14)24/h6-7,10,13,18H,4-5,8-9,25H2,1-3H3/t13-,18?/m0/s1. The molecule has 12 heteroatoms. The number of halogens is 2. The van der Waals surface area contributed by atoms with Gasteiger partial charge in [0.05, 0.1) is 30.4 Å². The molecule has 0 radical (unpaired) electrons. The van der Waals surface area contributed by atoms with Crippen molar-refractivity contribution in [2.24, 2.45) is 10.7 Å². The minimum Gasteiger partial charge on any atom is -0.453 e. The highest BCUT2D eigenvalue weighted by molar-refractivity contribution is 6.33. The minimum absolute atomic E-state index is 0.115. The Morgan fingerprint density at radius 3 is 2.79 bits per heavy atom. The van der Waals surface area contributed by atoms with Crippen molar-refractivity contribution in [2.45, 2.75) is 51.4 Å². The van der Waals surface area contributed by atoms with E-state index in [1.54, 1.807) is 25.3 Å². The van der Waals surface area contributed by atoms with E-state index in [1.807, 2.05) is 0 Å². The highest BCUT2D eigenvalue weighted by Crippen LogP contribution is 2.43. The molecule has 3 aliphatic rings. The fourth-order valence-corrected chi connectivity index (χ4v) is 4.58. The number of hydroxylamine groups is 2. The van der Waals surface area contributed by atoms with Crippen LogP contribution in [0, 0.1) is 11.6 Å². The molecule has 10 nitrogen and oxygen atoms in total. The first-order valence-corrected chi connectivity index (χ1v) is 10.9. The molecule has 0 spiro atoms. The van der Waals surface area contributed by atoms with Crippen molar-refractivity contribution < 1.29 is 27.9 Å². The second-order valence-electron chi connectivity index (χ2n) is 9.30. The van der Waals surface area contributed by atoms with Crippen molar-refractivity contribution in [1.82, 2.24) is 19.5 Å². The topological polar surface area (TPSA) is 115 Å². The largest absolute Gasteiger partial charge is 0.453 e. The summed E-state index contributed by atoms with van der Waals surface area (Å²) in [6, 6.07) is 1.88. The van der Waals surface area contributed by atoms with Gasteiger partial charge in [0.15, 0.2) is 17.8 Å². The summed E-state index contributed by atoms with van der Waals surface area (Å²) >= 11 is 0. The van der Waals surface area contributed by atoms with Crippen molar-refractivity contribution in [2.75, 3.05) is 13.2 Å². The third-order valence-electron chi connectivity index (χ3n) is 5.92. The van der Waals surface area contributed by atoms with Gasteiger partial charge in [0.1, 0.15) is 16.9 Å². The lowest BCUT2D eigenvalue weighted by Gasteiger charge is -2.25. The van der Waals surface area contributed by atoms with Crippen LogP contribution in [0.4, 0.5) is 8.78 Å². The number of carbonyl (C=O) groups excluding carboxylic acids is 2. The normalized spacial score (nSPS) is 22.0. The first-order valence-electron chi connectivity index (χ1n) is 10.9. The summed E-state index contributed by atoms with van der Waals surface area (Å²) in [4.78, 5) is 41.7. The number of rotatable bonds is 3. The Kier molecular flexibility index (Phi) is 5.17. The Morgan fingerprint density at radius 2 is 2.09 bits per heavy atom. The van der Waals surface area contributed by atoms with E-state index in [0.29, 0.717) is 30.8 Å². The van der Waals surface area contributed by atoms with E-state index < -0.39 is 41.3 Å². The number of hydrogen-bond donors (Lipinski definition) is 1. The van der Waals surface area contributed by atoms with Crippen molar-refractivity contribution >= 4 is 17.8 Å². The minimum atomic E-state index is -1.20. The first-order chi connectivity index (χ1) is 16.1. The van der Waals surface area contributed by atoms with Gasteiger partial charge in [-0.3, -0.25) is 9.36 Å². The Bertz CT molecular complexity index is 1220. The van der Waals surface area contributed by atoms with E-state index in [-0.39, 0.29) is 23.8 Å². The van der Waals surface area contributed by atoms with Crippen LogP contribution in [0.2, 0.25) is 0 Å². The monoisotopic (exact) mass is 474 g/mol. The first kappa shape index (κ1) is 22.4. The summed E-state index contributed by atoms with van der Waals surface area (Å²) in [6.45, 7) is 5.44. The number of nitrogens with zero attached hydrogens (tertiary/aromatic N) is 5. The van der Waals surface area contributed by atoms with Gasteiger partial charge in [0.25, 0.3) is 5.91 Å². The van der Waals surface area contributed by atoms with E-state index in [4.69, 9.17) is 15.3 Å². The zero-order valence-electron chi connectivity index (χ0n) is 18.9. The van der Waals surface area contributed by atoms with Gasteiger partial charge < -0.3 is 20.2 Å². The van der Waals surface area contributed by atoms with E-state index in [9.17, 15) is 18.4 Å². The molecule has 0 bridgehead atoms. The second kappa shape index (κ2) is 7.84. The van der Waals surface area contributed by atoms with Crippen LogP contribution < -0.4 is 5.73 Å². The van der Waals surface area contributed by atoms with Gasteiger partial charge in [0, 0.05) is 6.54 Å². The maximum Gasteiger partial charge on any atom is 0.396 e. The molecule has 4 heterocycles. The fourth-order valence-electron chi connectivity index (χ4n) is 4.58. The Morgan fingerprint density at radius 1 is 1.32 bits per heavy atom. The van der Waals surface area contributed by atoms with Crippen LogP contribution in [-0.2, 0) is 14.4 Å². The molecule has 2 N–H and O–H groups in total. The maximum atomic E-state index is 14.8. The van der Waals surface area contributed by atoms with Crippen LogP contribution in [0.25, 0.3) is 5.69 Å². The van der Waals surface area contributed by atoms with Crippen molar-refractivity contribution in [3.05, 3.63) is 47.0 Å².